The zero-order valence-electron chi connectivity index (χ0n) is 17.1. The highest BCUT2D eigenvalue weighted by molar-refractivity contribution is 7.79. The van der Waals surface area contributed by atoms with Gasteiger partial charge in [-0.25, -0.2) is 9.19 Å². The third-order valence-corrected chi connectivity index (χ3v) is 6.03. The maximum Gasteiger partial charge on any atom is 0.224 e. The molecule has 164 valence electrons. The van der Waals surface area contributed by atoms with Crippen molar-refractivity contribution in [3.63, 3.8) is 0 Å². The minimum Gasteiger partial charge on any atom is -0.508 e. The third kappa shape index (κ3) is 7.16. The van der Waals surface area contributed by atoms with Crippen LogP contribution < -0.4 is 10.6 Å². The molecule has 0 saturated carbocycles. The average molecular weight is 460 g/mol. The summed E-state index contributed by atoms with van der Waals surface area (Å²) in [6.45, 7) is 2.04. The van der Waals surface area contributed by atoms with Crippen molar-refractivity contribution in [1.82, 2.24) is 10.3 Å². The maximum absolute atomic E-state index is 12.7. The van der Waals surface area contributed by atoms with Gasteiger partial charge in [-0.15, -0.1) is 11.3 Å². The van der Waals surface area contributed by atoms with Crippen molar-refractivity contribution in [2.24, 2.45) is 0 Å². The minimum absolute atomic E-state index is 0.0357. The first-order valence-corrected chi connectivity index (χ1v) is 12.0. The summed E-state index contributed by atoms with van der Waals surface area (Å²) in [7, 11) is 0. The van der Waals surface area contributed by atoms with Crippen molar-refractivity contribution >= 4 is 34.0 Å². The molecule has 2 unspecified atom stereocenters. The number of aromatic nitrogens is 1. The highest BCUT2D eigenvalue weighted by atomic mass is 32.2. The second-order valence-electron chi connectivity index (χ2n) is 7.04. The number of carbonyl (C=O) groups is 1. The number of aryl methyl sites for hydroxylation is 1. The zero-order chi connectivity index (χ0) is 22.2. The Kier molecular flexibility index (Phi) is 8.16. The highest BCUT2D eigenvalue weighted by Crippen LogP contribution is 2.24. The fraction of sp³-hybridized carbons (Fsp3) is 0.273. The first kappa shape index (κ1) is 22.9. The number of phenolic OH excluding ortho intramolecular Hbond substituents is 1. The normalized spacial score (nSPS) is 12.8. The maximum atomic E-state index is 12.7. The van der Waals surface area contributed by atoms with Crippen molar-refractivity contribution in [2.75, 3.05) is 11.2 Å². The summed E-state index contributed by atoms with van der Waals surface area (Å²) in [5.41, 5.74) is 3.48. The molecule has 0 saturated heterocycles. The van der Waals surface area contributed by atoms with Gasteiger partial charge in [-0.1, -0.05) is 31.2 Å². The Balaban J connectivity index is 1.72. The van der Waals surface area contributed by atoms with Gasteiger partial charge in [0.2, 0.25) is 5.91 Å². The van der Waals surface area contributed by atoms with Crippen LogP contribution in [0.5, 0.6) is 5.75 Å². The summed E-state index contributed by atoms with van der Waals surface area (Å²) in [6, 6.07) is 13.9. The average Bonchev–Trinajstić information content (AvgIpc) is 3.22. The molecule has 1 amide bonds. The van der Waals surface area contributed by atoms with Gasteiger partial charge in [0, 0.05) is 11.1 Å². The number of amides is 1. The quantitative estimate of drug-likeness (QED) is 0.345. The molecule has 3 rings (SSSR count). The zero-order valence-corrected chi connectivity index (χ0v) is 18.7. The van der Waals surface area contributed by atoms with Gasteiger partial charge in [0.25, 0.3) is 0 Å². The number of phenols is 1. The number of thiazole rings is 1. The molecule has 0 aliphatic rings. The first-order chi connectivity index (χ1) is 14.9. The van der Waals surface area contributed by atoms with Gasteiger partial charge in [0.15, 0.2) is 11.1 Å². The van der Waals surface area contributed by atoms with Crippen molar-refractivity contribution in [2.45, 2.75) is 32.2 Å². The molecule has 4 N–H and O–H groups in total. The summed E-state index contributed by atoms with van der Waals surface area (Å²) >= 11 is -0.384. The van der Waals surface area contributed by atoms with E-state index in [4.69, 9.17) is 4.55 Å². The van der Waals surface area contributed by atoms with Gasteiger partial charge in [-0.2, -0.15) is 0 Å². The number of carbonyl (C=O) groups excluding carboxylic acids is 1. The Morgan fingerprint density at radius 1 is 1.19 bits per heavy atom. The molecule has 0 spiro atoms. The second kappa shape index (κ2) is 11.0. The van der Waals surface area contributed by atoms with E-state index in [1.807, 2.05) is 36.6 Å². The topological polar surface area (TPSA) is 112 Å². The van der Waals surface area contributed by atoms with Gasteiger partial charge in [0.05, 0.1) is 18.2 Å². The van der Waals surface area contributed by atoms with Gasteiger partial charge >= 0.3 is 0 Å². The summed E-state index contributed by atoms with van der Waals surface area (Å²) in [6.07, 6.45) is 1.56. The van der Waals surface area contributed by atoms with E-state index in [-0.39, 0.29) is 30.0 Å². The number of benzene rings is 2. The number of nitrogens with zero attached hydrogens (tertiary/aromatic N) is 1. The van der Waals surface area contributed by atoms with E-state index in [1.165, 1.54) is 11.3 Å². The molecule has 7 nitrogen and oxygen atoms in total. The molecule has 0 radical (unpaired) electrons. The minimum atomic E-state index is -1.91. The highest BCUT2D eigenvalue weighted by Gasteiger charge is 2.19. The number of aromatic hydroxyl groups is 1. The van der Waals surface area contributed by atoms with Crippen molar-refractivity contribution in [3.8, 4) is 5.75 Å². The van der Waals surface area contributed by atoms with Crippen LogP contribution in [0.15, 0.2) is 53.9 Å². The van der Waals surface area contributed by atoms with Crippen LogP contribution in [0.2, 0.25) is 0 Å². The summed E-state index contributed by atoms with van der Waals surface area (Å²) in [4.78, 5) is 17.4. The molecule has 9 heteroatoms. The lowest BCUT2D eigenvalue weighted by molar-refractivity contribution is -0.121. The Bertz CT molecular complexity index is 1040. The van der Waals surface area contributed by atoms with E-state index >= 15 is 0 Å². The van der Waals surface area contributed by atoms with E-state index in [2.05, 4.69) is 15.6 Å². The van der Waals surface area contributed by atoms with Crippen molar-refractivity contribution in [3.05, 3.63) is 75.7 Å². The van der Waals surface area contributed by atoms with Gasteiger partial charge in [-0.05, 0) is 48.2 Å². The number of rotatable bonds is 10. The van der Waals surface area contributed by atoms with E-state index in [0.717, 1.165) is 33.9 Å². The molecular formula is C22H25N3O4S2. The van der Waals surface area contributed by atoms with Crippen LogP contribution in [0, 0.1) is 0 Å². The predicted molar refractivity (Wildman–Crippen MR) is 124 cm³/mol. The molecule has 31 heavy (non-hydrogen) atoms. The van der Waals surface area contributed by atoms with E-state index in [1.54, 1.807) is 24.3 Å². The third-order valence-electron chi connectivity index (χ3n) is 4.63. The molecule has 3 aromatic rings. The van der Waals surface area contributed by atoms with Crippen LogP contribution in [0.3, 0.4) is 0 Å². The molecule has 0 aliphatic heterocycles. The second-order valence-corrected chi connectivity index (χ2v) is 8.86. The molecule has 0 fully saturated rings. The van der Waals surface area contributed by atoms with Crippen LogP contribution in [-0.4, -0.2) is 30.6 Å². The van der Waals surface area contributed by atoms with E-state index in [9.17, 15) is 14.1 Å². The van der Waals surface area contributed by atoms with Crippen LogP contribution >= 0.6 is 11.3 Å². The van der Waals surface area contributed by atoms with Gasteiger partial charge < -0.3 is 20.3 Å². The fourth-order valence-corrected chi connectivity index (χ4v) is 4.32. The van der Waals surface area contributed by atoms with Crippen LogP contribution in [-0.2, 0) is 35.1 Å². The van der Waals surface area contributed by atoms with E-state index < -0.39 is 11.1 Å². The molecule has 1 heterocycles. The Morgan fingerprint density at radius 2 is 1.97 bits per heavy atom. The number of hydrogen-bond donors (Lipinski definition) is 4. The molecule has 2 aromatic carbocycles. The molecular weight excluding hydrogens is 434 g/mol. The Labute approximate surface area is 187 Å². The summed E-state index contributed by atoms with van der Waals surface area (Å²) < 4.78 is 19.7. The predicted octanol–water partition coefficient (Wildman–Crippen LogP) is 3.64. The standard InChI is InChI=1S/C22H25N3O4S2/c1-2-17-13-30-22(24-17)20(25-21(27)12-16-4-3-5-19(26)10-16)11-15-6-8-18(9-7-15)23-14-31(28)29/h3-10,13,20,23,26H,2,11-12,14H2,1H3,(H,25,27)(H,28,29). The lowest BCUT2D eigenvalue weighted by Gasteiger charge is -2.17. The van der Waals surface area contributed by atoms with E-state index in [0.29, 0.717) is 6.42 Å². The summed E-state index contributed by atoms with van der Waals surface area (Å²) in [5, 5.41) is 18.4. The monoisotopic (exact) mass is 459 g/mol. The van der Waals surface area contributed by atoms with Gasteiger partial charge in [0.1, 0.15) is 16.6 Å². The lowest BCUT2D eigenvalue weighted by atomic mass is 10.0. The molecule has 0 aliphatic carbocycles. The first-order valence-electron chi connectivity index (χ1n) is 9.84. The molecule has 0 bridgehead atoms. The number of anilines is 1. The van der Waals surface area contributed by atoms with Crippen LogP contribution in [0.4, 0.5) is 5.69 Å². The molecule has 1 aromatic heterocycles. The van der Waals surface area contributed by atoms with Crippen molar-refractivity contribution < 1.29 is 18.7 Å². The Hall–Kier alpha value is -2.75. The van der Waals surface area contributed by atoms with Gasteiger partial charge in [-0.3, -0.25) is 4.79 Å². The Morgan fingerprint density at radius 3 is 2.61 bits per heavy atom. The van der Waals surface area contributed by atoms with Crippen LogP contribution in [0.25, 0.3) is 0 Å². The van der Waals surface area contributed by atoms with Crippen molar-refractivity contribution in [1.29, 1.82) is 0 Å². The fourth-order valence-electron chi connectivity index (χ4n) is 3.08. The SMILES string of the molecule is CCc1csc(C(Cc2ccc(NCS(=O)O)cc2)NC(=O)Cc2cccc(O)c2)n1. The smallest absolute Gasteiger partial charge is 0.224 e. The molecule has 2 atom stereocenters. The summed E-state index contributed by atoms with van der Waals surface area (Å²) in [5.74, 6) is -0.0490. The number of hydrogen-bond acceptors (Lipinski definition) is 6. The largest absolute Gasteiger partial charge is 0.508 e. The van der Waals surface area contributed by atoms with Crippen LogP contribution in [0.1, 0.15) is 34.8 Å². The lowest BCUT2D eigenvalue weighted by Crippen LogP contribution is -2.31. The number of nitrogens with one attached hydrogen (secondary N) is 2.